The number of aromatic nitrogens is 3. The lowest BCUT2D eigenvalue weighted by atomic mass is 10.2. The van der Waals surface area contributed by atoms with E-state index in [9.17, 15) is 4.79 Å². The van der Waals surface area contributed by atoms with Gasteiger partial charge in [-0.2, -0.15) is 0 Å². The van der Waals surface area contributed by atoms with Gasteiger partial charge in [0.05, 0.1) is 11.6 Å². The Bertz CT molecular complexity index is 783. The van der Waals surface area contributed by atoms with Gasteiger partial charge in [-0.25, -0.2) is 14.8 Å². The topological polar surface area (TPSA) is 80.0 Å². The molecule has 6 heteroatoms. The molecule has 1 amide bonds. The van der Waals surface area contributed by atoms with Crippen LogP contribution in [0, 0.1) is 0 Å². The van der Waals surface area contributed by atoms with Crippen molar-refractivity contribution in [2.75, 3.05) is 0 Å². The molecular formula is C15H14N4O2. The predicted molar refractivity (Wildman–Crippen MR) is 78.4 cm³/mol. The number of fused-ring (bicyclic) bond motifs is 1. The monoisotopic (exact) mass is 282 g/mol. The predicted octanol–water partition coefficient (Wildman–Crippen LogP) is 2.75. The molecule has 0 fully saturated rings. The number of amides is 1. The fourth-order valence-electron chi connectivity index (χ4n) is 2.32. The maximum absolute atomic E-state index is 10.9. The van der Waals surface area contributed by atoms with E-state index in [1.165, 1.54) is 0 Å². The third kappa shape index (κ3) is 2.43. The smallest absolute Gasteiger partial charge is 0.405 e. The summed E-state index contributed by atoms with van der Waals surface area (Å²) in [6.07, 6.45) is 0.589. The van der Waals surface area contributed by atoms with Crippen LogP contribution in [0.15, 0.2) is 48.7 Å². The summed E-state index contributed by atoms with van der Waals surface area (Å²) in [5.74, 6) is 0.609. The Labute approximate surface area is 121 Å². The minimum atomic E-state index is -1.08. The Morgan fingerprint density at radius 1 is 1.24 bits per heavy atom. The van der Waals surface area contributed by atoms with Crippen molar-refractivity contribution in [1.82, 2.24) is 19.9 Å². The number of benzene rings is 1. The zero-order chi connectivity index (χ0) is 14.8. The first-order valence-corrected chi connectivity index (χ1v) is 6.55. The molecule has 6 nitrogen and oxygen atoms in total. The van der Waals surface area contributed by atoms with Crippen LogP contribution in [-0.4, -0.2) is 25.7 Å². The zero-order valence-corrected chi connectivity index (χ0v) is 11.4. The summed E-state index contributed by atoms with van der Waals surface area (Å²) in [5, 5.41) is 11.4. The fraction of sp³-hybridized carbons (Fsp3) is 0.133. The van der Waals surface area contributed by atoms with Gasteiger partial charge in [0.25, 0.3) is 0 Å². The van der Waals surface area contributed by atoms with E-state index in [0.29, 0.717) is 11.5 Å². The Hall–Kier alpha value is -2.89. The van der Waals surface area contributed by atoms with Crippen molar-refractivity contribution in [3.8, 4) is 5.69 Å². The van der Waals surface area contributed by atoms with Crippen molar-refractivity contribution >= 4 is 17.3 Å². The second-order valence-electron chi connectivity index (χ2n) is 4.66. The number of hydrogen-bond donors (Lipinski definition) is 2. The van der Waals surface area contributed by atoms with Gasteiger partial charge in [0.1, 0.15) is 5.82 Å². The largest absolute Gasteiger partial charge is 0.465 e. The van der Waals surface area contributed by atoms with Crippen LogP contribution in [0.5, 0.6) is 0 Å². The summed E-state index contributed by atoms with van der Waals surface area (Å²) in [5.41, 5.74) is 2.36. The van der Waals surface area contributed by atoms with E-state index in [4.69, 9.17) is 5.11 Å². The molecule has 3 aromatic rings. The van der Waals surface area contributed by atoms with Crippen LogP contribution in [0.2, 0.25) is 0 Å². The van der Waals surface area contributed by atoms with Crippen LogP contribution in [0.3, 0.4) is 0 Å². The van der Waals surface area contributed by atoms with Crippen LogP contribution in [0.1, 0.15) is 18.8 Å². The first-order valence-electron chi connectivity index (χ1n) is 6.55. The highest BCUT2D eigenvalue weighted by molar-refractivity contribution is 5.74. The molecular weight excluding hydrogens is 268 g/mol. The van der Waals surface area contributed by atoms with Crippen molar-refractivity contribution in [3.05, 3.63) is 54.5 Å². The number of para-hydroxylation sites is 1. The molecule has 0 bridgehead atoms. The average molecular weight is 282 g/mol. The van der Waals surface area contributed by atoms with E-state index in [2.05, 4.69) is 15.3 Å². The van der Waals surface area contributed by atoms with Crippen LogP contribution in [0.4, 0.5) is 4.79 Å². The number of nitrogens with zero attached hydrogens (tertiary/aromatic N) is 3. The van der Waals surface area contributed by atoms with Gasteiger partial charge in [-0.3, -0.25) is 4.57 Å². The average Bonchev–Trinajstić information content (AvgIpc) is 2.87. The lowest BCUT2D eigenvalue weighted by Gasteiger charge is -2.14. The molecule has 1 aromatic carbocycles. The number of imidazole rings is 1. The SMILES string of the molecule is C[C@H](NC(=O)O)c1nc2ncccc2n1-c1ccccc1. The minimum absolute atomic E-state index is 0.447. The summed E-state index contributed by atoms with van der Waals surface area (Å²) in [6, 6.07) is 13.0. The molecule has 0 aliphatic carbocycles. The Balaban J connectivity index is 2.21. The minimum Gasteiger partial charge on any atom is -0.465 e. The normalized spacial score (nSPS) is 12.2. The quantitative estimate of drug-likeness (QED) is 0.774. The molecule has 0 spiro atoms. The van der Waals surface area contributed by atoms with E-state index in [1.54, 1.807) is 13.1 Å². The third-order valence-corrected chi connectivity index (χ3v) is 3.20. The summed E-state index contributed by atoms with van der Waals surface area (Å²) >= 11 is 0. The molecule has 0 radical (unpaired) electrons. The number of carboxylic acid groups (broad SMARTS) is 1. The summed E-state index contributed by atoms with van der Waals surface area (Å²) < 4.78 is 1.92. The standard InChI is InChI=1S/C15H14N4O2/c1-10(17-15(20)21)14-18-13-12(8-5-9-16-13)19(14)11-6-3-2-4-7-11/h2-10,17H,1H3,(H,20,21)/t10-/m0/s1. The van der Waals surface area contributed by atoms with E-state index in [1.807, 2.05) is 47.0 Å². The lowest BCUT2D eigenvalue weighted by Crippen LogP contribution is -2.26. The Kier molecular flexibility index (Phi) is 3.27. The maximum Gasteiger partial charge on any atom is 0.405 e. The number of nitrogens with one attached hydrogen (secondary N) is 1. The molecule has 106 valence electrons. The van der Waals surface area contributed by atoms with Gasteiger partial charge in [-0.1, -0.05) is 18.2 Å². The highest BCUT2D eigenvalue weighted by Gasteiger charge is 2.19. The van der Waals surface area contributed by atoms with Gasteiger partial charge in [0, 0.05) is 11.9 Å². The van der Waals surface area contributed by atoms with Crippen molar-refractivity contribution < 1.29 is 9.90 Å². The van der Waals surface area contributed by atoms with Crippen molar-refractivity contribution in [2.45, 2.75) is 13.0 Å². The molecule has 1 atom stereocenters. The van der Waals surface area contributed by atoms with E-state index >= 15 is 0 Å². The first-order chi connectivity index (χ1) is 10.2. The molecule has 0 unspecified atom stereocenters. The highest BCUT2D eigenvalue weighted by Crippen LogP contribution is 2.23. The molecule has 0 saturated carbocycles. The fourth-order valence-corrected chi connectivity index (χ4v) is 2.32. The second-order valence-corrected chi connectivity index (χ2v) is 4.66. The Morgan fingerprint density at radius 2 is 2.00 bits per heavy atom. The molecule has 2 heterocycles. The van der Waals surface area contributed by atoms with Crippen LogP contribution in [0.25, 0.3) is 16.9 Å². The van der Waals surface area contributed by atoms with Gasteiger partial charge in [-0.15, -0.1) is 0 Å². The van der Waals surface area contributed by atoms with Gasteiger partial charge < -0.3 is 10.4 Å². The number of pyridine rings is 1. The maximum atomic E-state index is 10.9. The summed E-state index contributed by atoms with van der Waals surface area (Å²) in [7, 11) is 0. The molecule has 3 rings (SSSR count). The van der Waals surface area contributed by atoms with E-state index < -0.39 is 12.1 Å². The number of rotatable bonds is 3. The zero-order valence-electron chi connectivity index (χ0n) is 11.4. The second kappa shape index (κ2) is 5.24. The summed E-state index contributed by atoms with van der Waals surface area (Å²) in [4.78, 5) is 19.6. The third-order valence-electron chi connectivity index (χ3n) is 3.20. The molecule has 21 heavy (non-hydrogen) atoms. The van der Waals surface area contributed by atoms with Crippen LogP contribution >= 0.6 is 0 Å². The van der Waals surface area contributed by atoms with Gasteiger partial charge in [0.15, 0.2) is 5.65 Å². The van der Waals surface area contributed by atoms with Crippen molar-refractivity contribution in [1.29, 1.82) is 0 Å². The first kappa shape index (κ1) is 13.1. The molecule has 2 aromatic heterocycles. The molecule has 2 N–H and O–H groups in total. The Morgan fingerprint density at radius 3 is 2.71 bits per heavy atom. The summed E-state index contributed by atoms with van der Waals surface area (Å²) in [6.45, 7) is 1.76. The highest BCUT2D eigenvalue weighted by atomic mass is 16.4. The lowest BCUT2D eigenvalue weighted by molar-refractivity contribution is 0.190. The molecule has 0 aliphatic rings. The van der Waals surface area contributed by atoms with Crippen molar-refractivity contribution in [3.63, 3.8) is 0 Å². The number of hydrogen-bond acceptors (Lipinski definition) is 3. The van der Waals surface area contributed by atoms with Crippen LogP contribution < -0.4 is 5.32 Å². The number of carbonyl (C=O) groups is 1. The molecule has 0 aliphatic heterocycles. The van der Waals surface area contributed by atoms with Crippen molar-refractivity contribution in [2.24, 2.45) is 0 Å². The van der Waals surface area contributed by atoms with Gasteiger partial charge >= 0.3 is 6.09 Å². The van der Waals surface area contributed by atoms with E-state index in [0.717, 1.165) is 11.2 Å². The van der Waals surface area contributed by atoms with Crippen LogP contribution in [-0.2, 0) is 0 Å². The van der Waals surface area contributed by atoms with Gasteiger partial charge in [-0.05, 0) is 31.2 Å². The van der Waals surface area contributed by atoms with Gasteiger partial charge in [0.2, 0.25) is 0 Å². The van der Waals surface area contributed by atoms with E-state index in [-0.39, 0.29) is 0 Å². The molecule has 0 saturated heterocycles.